The van der Waals surface area contributed by atoms with Gasteiger partial charge in [-0.05, 0) is 42.3 Å². The molecule has 7 heteroatoms. The Kier molecular flexibility index (Phi) is 6.64. The molecule has 6 nitrogen and oxygen atoms in total. The number of carbonyl (C=O) groups is 2. The first-order valence-electron chi connectivity index (χ1n) is 9.62. The summed E-state index contributed by atoms with van der Waals surface area (Å²) >= 11 is 6.12. The molecule has 1 N–H and O–H groups in total. The first-order valence-corrected chi connectivity index (χ1v) is 10.00. The number of rotatable bonds is 8. The van der Waals surface area contributed by atoms with E-state index in [9.17, 15) is 9.59 Å². The minimum absolute atomic E-state index is 0.195. The van der Waals surface area contributed by atoms with E-state index in [1.807, 2.05) is 18.2 Å². The molecule has 2 aromatic carbocycles. The smallest absolute Gasteiger partial charge is 0.254 e. The molecule has 0 saturated heterocycles. The third kappa shape index (κ3) is 4.65. The van der Waals surface area contributed by atoms with Crippen LogP contribution in [-0.4, -0.2) is 25.5 Å². The number of methoxy groups -OCH3 is 1. The molecule has 3 rings (SSSR count). The average Bonchev–Trinajstić information content (AvgIpc) is 2.93. The average molecular weight is 417 g/mol. The minimum Gasteiger partial charge on any atom is -0.493 e. The zero-order chi connectivity index (χ0) is 21.0. The maximum atomic E-state index is 13.0. The van der Waals surface area contributed by atoms with E-state index in [0.717, 1.165) is 24.1 Å². The topological polar surface area (TPSA) is 67.9 Å². The van der Waals surface area contributed by atoms with Gasteiger partial charge in [-0.15, -0.1) is 0 Å². The van der Waals surface area contributed by atoms with Gasteiger partial charge in [-0.2, -0.15) is 0 Å². The second-order valence-corrected chi connectivity index (χ2v) is 7.38. The number of nitrogens with one attached hydrogen (secondary N) is 1. The highest BCUT2D eigenvalue weighted by atomic mass is 35.5. The number of fused-ring (bicyclic) bond motifs is 1. The van der Waals surface area contributed by atoms with Gasteiger partial charge < -0.3 is 19.7 Å². The Morgan fingerprint density at radius 1 is 1.21 bits per heavy atom. The molecule has 154 valence electrons. The Hall–Kier alpha value is -2.73. The molecule has 1 aliphatic rings. The number of hydrogen-bond donors (Lipinski definition) is 1. The van der Waals surface area contributed by atoms with Crippen molar-refractivity contribution in [1.29, 1.82) is 0 Å². The van der Waals surface area contributed by atoms with Gasteiger partial charge in [-0.3, -0.25) is 9.59 Å². The molecule has 0 unspecified atom stereocenters. The van der Waals surface area contributed by atoms with Crippen LogP contribution >= 0.6 is 11.6 Å². The molecule has 2 amide bonds. The van der Waals surface area contributed by atoms with Crippen molar-refractivity contribution in [2.24, 2.45) is 0 Å². The molecular weight excluding hydrogens is 392 g/mol. The molecule has 1 atom stereocenters. The van der Waals surface area contributed by atoms with E-state index in [2.05, 4.69) is 12.2 Å². The fraction of sp³-hybridized carbons (Fsp3) is 0.364. The summed E-state index contributed by atoms with van der Waals surface area (Å²) in [4.78, 5) is 26.3. The normalized spacial score (nSPS) is 15.2. The lowest BCUT2D eigenvalue weighted by molar-refractivity contribution is -0.126. The van der Waals surface area contributed by atoms with Crippen LogP contribution in [0.2, 0.25) is 5.02 Å². The molecule has 1 aliphatic heterocycles. The second-order valence-electron chi connectivity index (χ2n) is 6.95. The van der Waals surface area contributed by atoms with Gasteiger partial charge in [0.1, 0.15) is 6.04 Å². The summed E-state index contributed by atoms with van der Waals surface area (Å²) in [7, 11) is 1.59. The lowest BCUT2D eigenvalue weighted by Crippen LogP contribution is -2.36. The van der Waals surface area contributed by atoms with Crippen molar-refractivity contribution < 1.29 is 19.1 Å². The standard InChI is InChI=1S/C22H25ClN2O4/c1-4-5-10-29-19-9-6-15(11-20(19)28-3)13-25-18-8-7-16(23)12-17(18)21(22(25)27)24-14(2)26/h6-9,11-12,21H,4-5,10,13H2,1-3H3,(H,24,26)/t21-/m0/s1. The Bertz CT molecular complexity index is 916. The van der Waals surface area contributed by atoms with Gasteiger partial charge in [-0.1, -0.05) is 31.0 Å². The molecule has 29 heavy (non-hydrogen) atoms. The summed E-state index contributed by atoms with van der Waals surface area (Å²) in [5.74, 6) is 0.840. The van der Waals surface area contributed by atoms with Crippen molar-refractivity contribution >= 4 is 29.1 Å². The van der Waals surface area contributed by atoms with Crippen molar-refractivity contribution in [2.45, 2.75) is 39.3 Å². The number of carbonyl (C=O) groups excluding carboxylic acids is 2. The maximum Gasteiger partial charge on any atom is 0.254 e. The molecular formula is C22H25ClN2O4. The SMILES string of the molecule is CCCCOc1ccc(CN2C(=O)[C@@H](NC(C)=O)c3cc(Cl)ccc32)cc1OC. The van der Waals surface area contributed by atoms with Crippen LogP contribution in [0.25, 0.3) is 0 Å². The third-order valence-corrected chi connectivity index (χ3v) is 5.01. The Morgan fingerprint density at radius 2 is 2.00 bits per heavy atom. The first kappa shape index (κ1) is 21.0. The third-order valence-electron chi connectivity index (χ3n) is 4.78. The lowest BCUT2D eigenvalue weighted by atomic mass is 10.1. The molecule has 0 bridgehead atoms. The van der Waals surface area contributed by atoms with Gasteiger partial charge in [0.2, 0.25) is 5.91 Å². The molecule has 0 spiro atoms. The predicted octanol–water partition coefficient (Wildman–Crippen LogP) is 4.25. The summed E-state index contributed by atoms with van der Waals surface area (Å²) in [6.07, 6.45) is 2.02. The van der Waals surface area contributed by atoms with Gasteiger partial charge in [0.05, 0.1) is 20.3 Å². The van der Waals surface area contributed by atoms with E-state index in [-0.39, 0.29) is 11.8 Å². The number of hydrogen-bond acceptors (Lipinski definition) is 4. The molecule has 0 aliphatic carbocycles. The van der Waals surface area contributed by atoms with Crippen LogP contribution in [0.1, 0.15) is 43.9 Å². The van der Waals surface area contributed by atoms with Crippen molar-refractivity contribution in [1.82, 2.24) is 5.32 Å². The zero-order valence-corrected chi connectivity index (χ0v) is 17.6. The first-order chi connectivity index (χ1) is 13.9. The largest absolute Gasteiger partial charge is 0.493 e. The van der Waals surface area contributed by atoms with E-state index in [1.54, 1.807) is 30.2 Å². The van der Waals surface area contributed by atoms with Gasteiger partial charge in [0.25, 0.3) is 5.91 Å². The molecule has 1 heterocycles. The van der Waals surface area contributed by atoms with Gasteiger partial charge in [0, 0.05) is 23.2 Å². The summed E-state index contributed by atoms with van der Waals surface area (Å²) in [5, 5.41) is 3.24. The van der Waals surface area contributed by atoms with Crippen LogP contribution in [0, 0.1) is 0 Å². The number of nitrogens with zero attached hydrogens (tertiary/aromatic N) is 1. The molecule has 2 aromatic rings. The van der Waals surface area contributed by atoms with E-state index in [4.69, 9.17) is 21.1 Å². The van der Waals surface area contributed by atoms with Crippen LogP contribution < -0.4 is 19.7 Å². The van der Waals surface area contributed by atoms with Crippen LogP contribution in [0.5, 0.6) is 11.5 Å². The van der Waals surface area contributed by atoms with Gasteiger partial charge >= 0.3 is 0 Å². The maximum absolute atomic E-state index is 13.0. The number of unbranched alkanes of at least 4 members (excludes halogenated alkanes) is 1. The van der Waals surface area contributed by atoms with Crippen LogP contribution in [0.3, 0.4) is 0 Å². The number of anilines is 1. The summed E-state index contributed by atoms with van der Waals surface area (Å²) < 4.78 is 11.2. The Morgan fingerprint density at radius 3 is 2.69 bits per heavy atom. The summed E-state index contributed by atoms with van der Waals surface area (Å²) in [5.41, 5.74) is 2.33. The van der Waals surface area contributed by atoms with Gasteiger partial charge in [-0.25, -0.2) is 0 Å². The number of ether oxygens (including phenoxy) is 2. The second kappa shape index (κ2) is 9.18. The van der Waals surface area contributed by atoms with Crippen LogP contribution in [-0.2, 0) is 16.1 Å². The van der Waals surface area contributed by atoms with E-state index < -0.39 is 6.04 Å². The summed E-state index contributed by atoms with van der Waals surface area (Å²) in [6, 6.07) is 10.2. The van der Waals surface area contributed by atoms with Crippen molar-refractivity contribution in [2.75, 3.05) is 18.6 Å². The highest BCUT2D eigenvalue weighted by molar-refractivity contribution is 6.31. The summed E-state index contributed by atoms with van der Waals surface area (Å²) in [6.45, 7) is 4.47. The molecule has 0 radical (unpaired) electrons. The fourth-order valence-corrected chi connectivity index (χ4v) is 3.53. The molecule has 0 aromatic heterocycles. The number of halogens is 1. The number of benzene rings is 2. The van der Waals surface area contributed by atoms with Crippen LogP contribution in [0.15, 0.2) is 36.4 Å². The Balaban J connectivity index is 1.86. The zero-order valence-electron chi connectivity index (χ0n) is 16.8. The minimum atomic E-state index is -0.736. The lowest BCUT2D eigenvalue weighted by Gasteiger charge is -2.19. The number of amides is 2. The highest BCUT2D eigenvalue weighted by Gasteiger charge is 2.38. The van der Waals surface area contributed by atoms with E-state index >= 15 is 0 Å². The van der Waals surface area contributed by atoms with Crippen molar-refractivity contribution in [3.63, 3.8) is 0 Å². The van der Waals surface area contributed by atoms with Crippen molar-refractivity contribution in [3.8, 4) is 11.5 Å². The van der Waals surface area contributed by atoms with E-state index in [0.29, 0.717) is 35.2 Å². The van der Waals surface area contributed by atoms with Gasteiger partial charge in [0.15, 0.2) is 11.5 Å². The van der Waals surface area contributed by atoms with Crippen molar-refractivity contribution in [3.05, 3.63) is 52.5 Å². The quantitative estimate of drug-likeness (QED) is 0.653. The molecule has 0 fully saturated rings. The fourth-order valence-electron chi connectivity index (χ4n) is 3.35. The Labute approximate surface area is 175 Å². The van der Waals surface area contributed by atoms with Crippen LogP contribution in [0.4, 0.5) is 5.69 Å². The highest BCUT2D eigenvalue weighted by Crippen LogP contribution is 2.39. The monoisotopic (exact) mass is 416 g/mol. The molecule has 0 saturated carbocycles. The van der Waals surface area contributed by atoms with E-state index in [1.165, 1.54) is 6.92 Å². The predicted molar refractivity (Wildman–Crippen MR) is 113 cm³/mol.